The lowest BCUT2D eigenvalue weighted by Gasteiger charge is -2.31. The lowest BCUT2D eigenvalue weighted by molar-refractivity contribution is -0.126. The van der Waals surface area contributed by atoms with Gasteiger partial charge in [-0.1, -0.05) is 30.3 Å². The molecule has 1 aliphatic heterocycles. The summed E-state index contributed by atoms with van der Waals surface area (Å²) in [7, 11) is 0. The third kappa shape index (κ3) is 3.96. The van der Waals surface area contributed by atoms with E-state index in [1.54, 1.807) is 12.4 Å². The summed E-state index contributed by atoms with van der Waals surface area (Å²) >= 11 is 0. The van der Waals surface area contributed by atoms with Gasteiger partial charge in [0.2, 0.25) is 5.91 Å². The molecule has 0 aliphatic carbocycles. The van der Waals surface area contributed by atoms with Gasteiger partial charge in [-0.05, 0) is 49.1 Å². The highest BCUT2D eigenvalue weighted by Gasteiger charge is 2.28. The first-order valence-corrected chi connectivity index (χ1v) is 11.2. The number of carbonyl (C=O) groups is 2. The van der Waals surface area contributed by atoms with E-state index in [-0.39, 0.29) is 17.7 Å². The molecule has 6 nitrogen and oxygen atoms in total. The molecule has 2 aromatic carbocycles. The van der Waals surface area contributed by atoms with E-state index in [0.29, 0.717) is 38.0 Å². The average Bonchev–Trinajstić information content (AvgIpc) is 3.23. The smallest absolute Gasteiger partial charge is 0.255 e. The summed E-state index contributed by atoms with van der Waals surface area (Å²) in [5, 5.41) is 5.24. The molecule has 0 spiro atoms. The van der Waals surface area contributed by atoms with Crippen molar-refractivity contribution < 1.29 is 9.59 Å². The molecule has 5 rings (SSSR count). The van der Waals surface area contributed by atoms with E-state index in [1.165, 1.54) is 0 Å². The molecule has 0 unspecified atom stereocenters. The van der Waals surface area contributed by atoms with E-state index in [0.717, 1.165) is 33.8 Å². The Morgan fingerprint density at radius 1 is 0.969 bits per heavy atom. The minimum Gasteiger partial charge on any atom is -0.356 e. The highest BCUT2D eigenvalue weighted by Crippen LogP contribution is 2.29. The molecule has 32 heavy (non-hydrogen) atoms. The van der Waals surface area contributed by atoms with Crippen molar-refractivity contribution in [3.8, 4) is 0 Å². The van der Waals surface area contributed by atoms with Crippen molar-refractivity contribution >= 4 is 33.6 Å². The van der Waals surface area contributed by atoms with Gasteiger partial charge >= 0.3 is 0 Å². The van der Waals surface area contributed by atoms with Gasteiger partial charge in [-0.25, -0.2) is 0 Å². The van der Waals surface area contributed by atoms with Gasteiger partial charge in [-0.15, -0.1) is 0 Å². The molecule has 0 radical (unpaired) electrons. The van der Waals surface area contributed by atoms with Crippen LogP contribution in [0.5, 0.6) is 0 Å². The van der Waals surface area contributed by atoms with Crippen LogP contribution >= 0.6 is 0 Å². The zero-order chi connectivity index (χ0) is 21.9. The first-order chi connectivity index (χ1) is 15.7. The molecule has 2 amide bonds. The van der Waals surface area contributed by atoms with Crippen molar-refractivity contribution in [3.63, 3.8) is 0 Å². The Balaban J connectivity index is 1.21. The fourth-order valence-electron chi connectivity index (χ4n) is 4.59. The van der Waals surface area contributed by atoms with Crippen LogP contribution in [0.4, 0.5) is 0 Å². The van der Waals surface area contributed by atoms with E-state index in [4.69, 9.17) is 0 Å². The number of piperidine rings is 1. The van der Waals surface area contributed by atoms with Crippen LogP contribution in [0.1, 0.15) is 28.8 Å². The van der Waals surface area contributed by atoms with Crippen LogP contribution < -0.4 is 5.32 Å². The number of hydrogen-bond donors (Lipinski definition) is 2. The lowest BCUT2D eigenvalue weighted by atomic mass is 9.95. The van der Waals surface area contributed by atoms with Gasteiger partial charge in [0.05, 0.1) is 11.1 Å². The predicted molar refractivity (Wildman–Crippen MR) is 125 cm³/mol. The SMILES string of the molecule is O=C(NCCc1ccncc1)C1CCN(C(=O)c2cccc3c2[nH]c2ccccc23)CC1. The van der Waals surface area contributed by atoms with Gasteiger partial charge in [0.1, 0.15) is 0 Å². The number of fused-ring (bicyclic) bond motifs is 3. The highest BCUT2D eigenvalue weighted by atomic mass is 16.2. The molecule has 2 N–H and O–H groups in total. The highest BCUT2D eigenvalue weighted by molar-refractivity contribution is 6.14. The summed E-state index contributed by atoms with van der Waals surface area (Å²) in [5.74, 6) is 0.0722. The maximum absolute atomic E-state index is 13.3. The van der Waals surface area contributed by atoms with Crippen LogP contribution in [0.25, 0.3) is 21.8 Å². The fourth-order valence-corrected chi connectivity index (χ4v) is 4.59. The van der Waals surface area contributed by atoms with Crippen molar-refractivity contribution in [2.75, 3.05) is 19.6 Å². The van der Waals surface area contributed by atoms with Crippen LogP contribution in [0.2, 0.25) is 0 Å². The molecule has 2 aromatic heterocycles. The number of carbonyl (C=O) groups excluding carboxylic acids is 2. The van der Waals surface area contributed by atoms with Crippen molar-refractivity contribution in [1.29, 1.82) is 0 Å². The first kappa shape index (κ1) is 20.2. The van der Waals surface area contributed by atoms with E-state index >= 15 is 0 Å². The fraction of sp³-hybridized carbons (Fsp3) is 0.269. The van der Waals surface area contributed by atoms with E-state index in [2.05, 4.69) is 21.4 Å². The second-order valence-electron chi connectivity index (χ2n) is 8.36. The summed E-state index contributed by atoms with van der Waals surface area (Å²) in [6, 6.07) is 17.9. The standard InChI is InChI=1S/C26H26N4O2/c31-25(28-15-10-18-8-13-27-14-9-18)19-11-16-30(17-12-19)26(32)22-6-3-5-21-20-4-1-2-7-23(20)29-24(21)22/h1-9,13-14,19,29H,10-12,15-17H2,(H,28,31). The van der Waals surface area contributed by atoms with Gasteiger partial charge in [0, 0.05) is 54.2 Å². The Kier molecular flexibility index (Phi) is 5.58. The number of nitrogens with zero attached hydrogens (tertiary/aromatic N) is 2. The number of pyridine rings is 1. The quantitative estimate of drug-likeness (QED) is 0.508. The molecule has 1 fully saturated rings. The summed E-state index contributed by atoms with van der Waals surface area (Å²) in [5.41, 5.74) is 3.77. The number of benzene rings is 2. The molecule has 1 aliphatic rings. The molecule has 0 atom stereocenters. The first-order valence-electron chi connectivity index (χ1n) is 11.2. The Hall–Kier alpha value is -3.67. The number of amides is 2. The number of likely N-dealkylation sites (tertiary alicyclic amines) is 1. The van der Waals surface area contributed by atoms with Crippen molar-refractivity contribution in [3.05, 3.63) is 78.1 Å². The number of nitrogens with one attached hydrogen (secondary N) is 2. The molecule has 6 heteroatoms. The Morgan fingerprint density at radius 2 is 1.72 bits per heavy atom. The van der Waals surface area contributed by atoms with Gasteiger partial charge in [-0.3, -0.25) is 14.6 Å². The van der Waals surface area contributed by atoms with E-state index < -0.39 is 0 Å². The molecular formula is C26H26N4O2. The number of aromatic amines is 1. The Labute approximate surface area is 186 Å². The zero-order valence-corrected chi connectivity index (χ0v) is 17.9. The van der Waals surface area contributed by atoms with Gasteiger partial charge in [-0.2, -0.15) is 0 Å². The third-order valence-corrected chi connectivity index (χ3v) is 6.39. The van der Waals surface area contributed by atoms with E-state index in [1.807, 2.05) is 53.4 Å². The summed E-state index contributed by atoms with van der Waals surface area (Å²) < 4.78 is 0. The molecule has 0 saturated carbocycles. The molecule has 4 aromatic rings. The predicted octanol–water partition coefficient (Wildman–Crippen LogP) is 3.93. The van der Waals surface area contributed by atoms with Crippen LogP contribution in [0.3, 0.4) is 0 Å². The molecular weight excluding hydrogens is 400 g/mol. The van der Waals surface area contributed by atoms with Crippen LogP contribution in [-0.4, -0.2) is 46.3 Å². The number of para-hydroxylation sites is 2. The normalized spacial score (nSPS) is 14.7. The molecule has 3 heterocycles. The third-order valence-electron chi connectivity index (χ3n) is 6.39. The van der Waals surface area contributed by atoms with Crippen molar-refractivity contribution in [1.82, 2.24) is 20.2 Å². The molecule has 1 saturated heterocycles. The Bertz CT molecular complexity index is 1260. The second kappa shape index (κ2) is 8.83. The monoisotopic (exact) mass is 426 g/mol. The van der Waals surface area contributed by atoms with Crippen molar-refractivity contribution in [2.24, 2.45) is 5.92 Å². The maximum atomic E-state index is 13.3. The average molecular weight is 427 g/mol. The zero-order valence-electron chi connectivity index (χ0n) is 17.9. The van der Waals surface area contributed by atoms with Gasteiger partial charge in [0.15, 0.2) is 0 Å². The van der Waals surface area contributed by atoms with Crippen molar-refractivity contribution in [2.45, 2.75) is 19.3 Å². The minimum absolute atomic E-state index is 0.0266. The minimum atomic E-state index is -0.0413. The molecule has 162 valence electrons. The van der Waals surface area contributed by atoms with E-state index in [9.17, 15) is 9.59 Å². The molecule has 0 bridgehead atoms. The number of rotatable bonds is 5. The number of H-pyrrole nitrogens is 1. The van der Waals surface area contributed by atoms with Gasteiger partial charge in [0.25, 0.3) is 5.91 Å². The second-order valence-corrected chi connectivity index (χ2v) is 8.36. The number of aromatic nitrogens is 2. The topological polar surface area (TPSA) is 78.1 Å². The largest absolute Gasteiger partial charge is 0.356 e. The van der Waals surface area contributed by atoms with Crippen LogP contribution in [0, 0.1) is 5.92 Å². The summed E-state index contributed by atoms with van der Waals surface area (Å²) in [4.78, 5) is 35.2. The van der Waals surface area contributed by atoms with Crippen LogP contribution in [0.15, 0.2) is 67.0 Å². The summed E-state index contributed by atoms with van der Waals surface area (Å²) in [6.45, 7) is 1.81. The Morgan fingerprint density at radius 3 is 2.53 bits per heavy atom. The lowest BCUT2D eigenvalue weighted by Crippen LogP contribution is -2.43. The number of hydrogen-bond acceptors (Lipinski definition) is 3. The summed E-state index contributed by atoms with van der Waals surface area (Å²) in [6.07, 6.45) is 5.70. The maximum Gasteiger partial charge on any atom is 0.255 e. The van der Waals surface area contributed by atoms with Crippen LogP contribution in [-0.2, 0) is 11.2 Å². The van der Waals surface area contributed by atoms with Gasteiger partial charge < -0.3 is 15.2 Å².